The van der Waals surface area contributed by atoms with Crippen LogP contribution in [0.25, 0.3) is 0 Å². The van der Waals surface area contributed by atoms with Crippen LogP contribution in [0.2, 0.25) is 0 Å². The average Bonchev–Trinajstić information content (AvgIpc) is 2.12. The van der Waals surface area contributed by atoms with Crippen LogP contribution in [0.15, 0.2) is 11.1 Å². The molecule has 2 nitrogen and oxygen atoms in total. The number of carbonyl (C=O) groups excluding carboxylic acids is 1. The van der Waals surface area contributed by atoms with E-state index >= 15 is 0 Å². The second-order valence-electron chi connectivity index (χ2n) is 1.88. The molecule has 1 rings (SSSR count). The van der Waals surface area contributed by atoms with Crippen LogP contribution in [0, 0.1) is 12.3 Å². The highest BCUT2D eigenvalue weighted by Gasteiger charge is 2.18. The van der Waals surface area contributed by atoms with Gasteiger partial charge in [0.2, 0.25) is 0 Å². The van der Waals surface area contributed by atoms with Crippen LogP contribution >= 0.6 is 0 Å². The molecule has 0 spiro atoms. The number of ether oxygens (including phenoxy) is 1. The van der Waals surface area contributed by atoms with Gasteiger partial charge in [-0.2, -0.15) is 0 Å². The molecule has 0 atom stereocenters. The third-order valence-electron chi connectivity index (χ3n) is 1.20. The van der Waals surface area contributed by atoms with Crippen molar-refractivity contribution in [1.29, 1.82) is 0 Å². The van der Waals surface area contributed by atoms with Crippen molar-refractivity contribution in [2.24, 2.45) is 0 Å². The van der Waals surface area contributed by atoms with Crippen LogP contribution in [-0.2, 0) is 9.53 Å². The molecule has 0 aliphatic carbocycles. The number of hydrogen-bond donors (Lipinski definition) is 0. The molecule has 0 aromatic heterocycles. The van der Waals surface area contributed by atoms with E-state index in [0.29, 0.717) is 12.2 Å². The highest BCUT2D eigenvalue weighted by atomic mass is 16.5. The molecule has 0 saturated heterocycles. The lowest BCUT2D eigenvalue weighted by atomic mass is 10.2. The van der Waals surface area contributed by atoms with Gasteiger partial charge in [0.1, 0.15) is 12.2 Å². The van der Waals surface area contributed by atoms with Gasteiger partial charge in [-0.05, 0) is 12.5 Å². The van der Waals surface area contributed by atoms with Gasteiger partial charge in [0, 0.05) is 0 Å². The molecule has 9 heavy (non-hydrogen) atoms. The Labute approximate surface area is 53.5 Å². The van der Waals surface area contributed by atoms with Crippen molar-refractivity contribution in [2.45, 2.75) is 6.92 Å². The third kappa shape index (κ3) is 0.812. The Morgan fingerprint density at radius 1 is 1.78 bits per heavy atom. The van der Waals surface area contributed by atoms with Crippen molar-refractivity contribution in [3.8, 4) is 12.3 Å². The monoisotopic (exact) mass is 122 g/mol. The van der Waals surface area contributed by atoms with Crippen LogP contribution in [0.5, 0.6) is 0 Å². The predicted molar refractivity (Wildman–Crippen MR) is 32.5 cm³/mol. The molecule has 1 aliphatic heterocycles. The first-order valence-corrected chi connectivity index (χ1v) is 2.59. The van der Waals surface area contributed by atoms with Gasteiger partial charge in [-0.15, -0.1) is 6.42 Å². The van der Waals surface area contributed by atoms with E-state index in [-0.39, 0.29) is 5.97 Å². The standard InChI is InChI=1S/C7H6O2/c1-3-6-5(2)4-9-7(6)8/h1H,4H2,2H3. The van der Waals surface area contributed by atoms with Crippen LogP contribution in [-0.4, -0.2) is 12.6 Å². The van der Waals surface area contributed by atoms with Crippen molar-refractivity contribution >= 4 is 5.97 Å². The Morgan fingerprint density at radius 2 is 2.44 bits per heavy atom. The first-order chi connectivity index (χ1) is 4.25. The molecule has 1 heterocycles. The number of esters is 1. The molecule has 0 aromatic rings. The van der Waals surface area contributed by atoms with Gasteiger partial charge in [0.25, 0.3) is 0 Å². The lowest BCUT2D eigenvalue weighted by Crippen LogP contribution is -1.96. The second kappa shape index (κ2) is 1.94. The molecule has 2 heteroatoms. The predicted octanol–water partition coefficient (Wildman–Crippen LogP) is 0.493. The first-order valence-electron chi connectivity index (χ1n) is 2.59. The fourth-order valence-corrected chi connectivity index (χ4v) is 0.674. The van der Waals surface area contributed by atoms with Crippen molar-refractivity contribution in [3.05, 3.63) is 11.1 Å². The number of cyclic esters (lactones) is 1. The average molecular weight is 122 g/mol. The number of carbonyl (C=O) groups is 1. The maximum atomic E-state index is 10.6. The zero-order chi connectivity index (χ0) is 6.85. The fraction of sp³-hybridized carbons (Fsp3) is 0.286. The Bertz CT molecular complexity index is 218. The first kappa shape index (κ1) is 5.90. The summed E-state index contributed by atoms with van der Waals surface area (Å²) in [5.41, 5.74) is 1.23. The van der Waals surface area contributed by atoms with Gasteiger partial charge in [0.15, 0.2) is 0 Å². The molecule has 0 unspecified atom stereocenters. The minimum absolute atomic E-state index is 0.359. The molecule has 0 radical (unpaired) electrons. The van der Waals surface area contributed by atoms with E-state index in [1.165, 1.54) is 0 Å². The molecule has 46 valence electrons. The summed E-state index contributed by atoms with van der Waals surface area (Å²) in [6.45, 7) is 2.15. The highest BCUT2D eigenvalue weighted by molar-refractivity contribution is 5.96. The smallest absolute Gasteiger partial charge is 0.347 e. The Kier molecular flexibility index (Phi) is 1.27. The summed E-state index contributed by atoms with van der Waals surface area (Å²) in [6, 6.07) is 0. The van der Waals surface area contributed by atoms with Crippen molar-refractivity contribution < 1.29 is 9.53 Å². The van der Waals surface area contributed by atoms with Crippen LogP contribution in [0.1, 0.15) is 6.92 Å². The number of terminal acetylenes is 1. The zero-order valence-electron chi connectivity index (χ0n) is 5.10. The minimum atomic E-state index is -0.366. The second-order valence-corrected chi connectivity index (χ2v) is 1.88. The fourth-order valence-electron chi connectivity index (χ4n) is 0.674. The summed E-state index contributed by atoms with van der Waals surface area (Å²) in [5.74, 6) is 1.90. The molecular weight excluding hydrogens is 116 g/mol. The summed E-state index contributed by atoms with van der Waals surface area (Å²) in [5, 5.41) is 0. The Hall–Kier alpha value is -1.23. The lowest BCUT2D eigenvalue weighted by molar-refractivity contribution is -0.135. The van der Waals surface area contributed by atoms with Crippen LogP contribution in [0.4, 0.5) is 0 Å². The molecule has 0 aromatic carbocycles. The largest absolute Gasteiger partial charge is 0.457 e. The quantitative estimate of drug-likeness (QED) is 0.345. The van der Waals surface area contributed by atoms with Gasteiger partial charge >= 0.3 is 5.97 Å². The van der Waals surface area contributed by atoms with Gasteiger partial charge in [-0.3, -0.25) is 0 Å². The normalized spacial score (nSPS) is 17.6. The van der Waals surface area contributed by atoms with Crippen molar-refractivity contribution in [1.82, 2.24) is 0 Å². The summed E-state index contributed by atoms with van der Waals surface area (Å²) in [4.78, 5) is 10.6. The topological polar surface area (TPSA) is 26.3 Å². The van der Waals surface area contributed by atoms with E-state index in [4.69, 9.17) is 6.42 Å². The molecule has 0 bridgehead atoms. The molecule has 0 amide bonds. The summed E-state index contributed by atoms with van der Waals surface area (Å²) in [6.07, 6.45) is 5.01. The van der Waals surface area contributed by atoms with E-state index in [9.17, 15) is 4.79 Å². The van der Waals surface area contributed by atoms with Crippen LogP contribution < -0.4 is 0 Å². The maximum absolute atomic E-state index is 10.6. The van der Waals surface area contributed by atoms with E-state index in [0.717, 1.165) is 5.57 Å². The molecular formula is C7H6O2. The van der Waals surface area contributed by atoms with Gasteiger partial charge in [-0.25, -0.2) is 4.79 Å². The summed E-state index contributed by atoms with van der Waals surface area (Å²) < 4.78 is 4.61. The number of hydrogen-bond acceptors (Lipinski definition) is 2. The summed E-state index contributed by atoms with van der Waals surface area (Å²) in [7, 11) is 0. The SMILES string of the molecule is C#CC1=C(C)COC1=O. The van der Waals surface area contributed by atoms with E-state index in [1.54, 1.807) is 6.92 Å². The molecule has 0 fully saturated rings. The van der Waals surface area contributed by atoms with Gasteiger partial charge in [0.05, 0.1) is 0 Å². The maximum Gasteiger partial charge on any atom is 0.347 e. The van der Waals surface area contributed by atoms with Crippen molar-refractivity contribution in [3.63, 3.8) is 0 Å². The van der Waals surface area contributed by atoms with E-state index in [1.807, 2.05) is 0 Å². The Morgan fingerprint density at radius 3 is 2.67 bits per heavy atom. The highest BCUT2D eigenvalue weighted by Crippen LogP contribution is 2.12. The summed E-state index contributed by atoms with van der Waals surface area (Å²) >= 11 is 0. The van der Waals surface area contributed by atoms with Crippen molar-refractivity contribution in [2.75, 3.05) is 6.61 Å². The lowest BCUT2D eigenvalue weighted by Gasteiger charge is -1.85. The third-order valence-corrected chi connectivity index (χ3v) is 1.20. The minimum Gasteiger partial charge on any atom is -0.457 e. The number of rotatable bonds is 0. The Balaban J connectivity index is 2.99. The molecule has 0 saturated carbocycles. The van der Waals surface area contributed by atoms with Crippen LogP contribution in [0.3, 0.4) is 0 Å². The molecule has 1 aliphatic rings. The van der Waals surface area contributed by atoms with Gasteiger partial charge in [-0.1, -0.05) is 5.92 Å². The zero-order valence-corrected chi connectivity index (χ0v) is 5.10. The van der Waals surface area contributed by atoms with E-state index < -0.39 is 0 Å². The molecule has 0 N–H and O–H groups in total. The van der Waals surface area contributed by atoms with Gasteiger partial charge < -0.3 is 4.74 Å². The van der Waals surface area contributed by atoms with E-state index in [2.05, 4.69) is 10.7 Å².